The van der Waals surface area contributed by atoms with Gasteiger partial charge in [0.1, 0.15) is 6.04 Å². The van der Waals surface area contributed by atoms with Crippen molar-refractivity contribution in [3.63, 3.8) is 0 Å². The SMILES string of the molecule is O=C(NC(c1ccccc1)c1nnc(N2CCCCC2)o1)C1CCC1. The summed E-state index contributed by atoms with van der Waals surface area (Å²) in [7, 11) is 0. The van der Waals surface area contributed by atoms with Crippen molar-refractivity contribution in [1.29, 1.82) is 0 Å². The Morgan fingerprint density at radius 3 is 2.52 bits per heavy atom. The number of carbonyl (C=O) groups is 1. The highest BCUT2D eigenvalue weighted by Crippen LogP contribution is 2.29. The lowest BCUT2D eigenvalue weighted by atomic mass is 9.84. The third-order valence-corrected chi connectivity index (χ3v) is 5.20. The first-order chi connectivity index (χ1) is 12.3. The minimum absolute atomic E-state index is 0.0813. The van der Waals surface area contributed by atoms with Crippen molar-refractivity contribution in [3.05, 3.63) is 41.8 Å². The van der Waals surface area contributed by atoms with Crippen molar-refractivity contribution in [2.24, 2.45) is 5.92 Å². The van der Waals surface area contributed by atoms with Crippen LogP contribution in [0.4, 0.5) is 6.01 Å². The van der Waals surface area contributed by atoms with E-state index < -0.39 is 0 Å². The number of amides is 1. The van der Waals surface area contributed by atoms with Crippen molar-refractivity contribution in [2.75, 3.05) is 18.0 Å². The third kappa shape index (κ3) is 3.52. The summed E-state index contributed by atoms with van der Waals surface area (Å²) in [5.41, 5.74) is 0.962. The van der Waals surface area contributed by atoms with Crippen molar-refractivity contribution in [1.82, 2.24) is 15.5 Å². The number of hydrogen-bond acceptors (Lipinski definition) is 5. The van der Waals surface area contributed by atoms with Crippen molar-refractivity contribution >= 4 is 11.9 Å². The van der Waals surface area contributed by atoms with E-state index in [2.05, 4.69) is 20.4 Å². The number of hydrogen-bond donors (Lipinski definition) is 1. The van der Waals surface area contributed by atoms with Crippen LogP contribution in [-0.4, -0.2) is 29.2 Å². The number of carbonyl (C=O) groups excluding carboxylic acids is 1. The van der Waals surface area contributed by atoms with Gasteiger partial charge in [0.25, 0.3) is 0 Å². The molecule has 1 aliphatic carbocycles. The van der Waals surface area contributed by atoms with Gasteiger partial charge in [0, 0.05) is 19.0 Å². The lowest BCUT2D eigenvalue weighted by Gasteiger charge is -2.26. The van der Waals surface area contributed by atoms with Crippen molar-refractivity contribution in [3.8, 4) is 0 Å². The molecule has 25 heavy (non-hydrogen) atoms. The second-order valence-electron chi connectivity index (χ2n) is 6.95. The van der Waals surface area contributed by atoms with E-state index in [0.29, 0.717) is 11.9 Å². The van der Waals surface area contributed by atoms with Crippen molar-refractivity contribution < 1.29 is 9.21 Å². The fraction of sp³-hybridized carbons (Fsp3) is 0.526. The second-order valence-corrected chi connectivity index (χ2v) is 6.95. The quantitative estimate of drug-likeness (QED) is 0.906. The number of piperidine rings is 1. The first-order valence-electron chi connectivity index (χ1n) is 9.25. The van der Waals surface area contributed by atoms with Gasteiger partial charge in [-0.25, -0.2) is 0 Å². The zero-order valence-corrected chi connectivity index (χ0v) is 14.4. The maximum absolute atomic E-state index is 12.5. The minimum Gasteiger partial charge on any atom is -0.405 e. The van der Waals surface area contributed by atoms with Gasteiger partial charge in [0.2, 0.25) is 11.8 Å². The molecule has 2 aliphatic rings. The van der Waals surface area contributed by atoms with Crippen LogP contribution >= 0.6 is 0 Å². The van der Waals surface area contributed by atoms with Crippen LogP contribution in [0.2, 0.25) is 0 Å². The van der Waals surface area contributed by atoms with Gasteiger partial charge in [-0.1, -0.05) is 41.9 Å². The van der Waals surface area contributed by atoms with Gasteiger partial charge in [0.05, 0.1) is 0 Å². The highest BCUT2D eigenvalue weighted by atomic mass is 16.4. The van der Waals surface area contributed by atoms with E-state index in [0.717, 1.165) is 50.8 Å². The first kappa shape index (κ1) is 16.1. The molecule has 1 aromatic carbocycles. The van der Waals surface area contributed by atoms with Gasteiger partial charge in [-0.05, 0) is 37.7 Å². The predicted molar refractivity (Wildman–Crippen MR) is 94.1 cm³/mol. The number of anilines is 1. The first-order valence-corrected chi connectivity index (χ1v) is 9.25. The molecule has 132 valence electrons. The summed E-state index contributed by atoms with van der Waals surface area (Å²) in [6.45, 7) is 1.90. The standard InChI is InChI=1S/C19H24N4O2/c24-17(15-10-7-11-15)20-16(14-8-3-1-4-9-14)18-21-22-19(25-18)23-12-5-2-6-13-23/h1,3-4,8-9,15-16H,2,5-7,10-13H2,(H,20,24). The summed E-state index contributed by atoms with van der Waals surface area (Å²) in [6, 6.07) is 10.0. The highest BCUT2D eigenvalue weighted by Gasteiger charge is 2.30. The Morgan fingerprint density at radius 2 is 1.84 bits per heavy atom. The zero-order valence-electron chi connectivity index (χ0n) is 14.4. The summed E-state index contributed by atoms with van der Waals surface area (Å²) >= 11 is 0. The molecule has 1 aromatic heterocycles. The second kappa shape index (κ2) is 7.25. The maximum Gasteiger partial charge on any atom is 0.318 e. The molecule has 2 heterocycles. The van der Waals surface area contributed by atoms with Crippen LogP contribution in [0.3, 0.4) is 0 Å². The highest BCUT2D eigenvalue weighted by molar-refractivity contribution is 5.80. The molecule has 6 nitrogen and oxygen atoms in total. The van der Waals surface area contributed by atoms with E-state index in [9.17, 15) is 4.79 Å². The number of nitrogens with zero attached hydrogens (tertiary/aromatic N) is 3. The fourth-order valence-electron chi connectivity index (χ4n) is 3.42. The average Bonchev–Trinajstić information content (AvgIpc) is 3.09. The summed E-state index contributed by atoms with van der Waals surface area (Å²) in [5, 5.41) is 11.6. The maximum atomic E-state index is 12.5. The van der Waals surface area contributed by atoms with E-state index in [-0.39, 0.29) is 17.9 Å². The fourth-order valence-corrected chi connectivity index (χ4v) is 3.42. The van der Waals surface area contributed by atoms with Gasteiger partial charge in [-0.3, -0.25) is 4.79 Å². The smallest absolute Gasteiger partial charge is 0.318 e. The van der Waals surface area contributed by atoms with E-state index in [1.54, 1.807) is 0 Å². The molecule has 1 aliphatic heterocycles. The molecule has 1 unspecified atom stereocenters. The molecule has 0 bridgehead atoms. The molecule has 4 rings (SSSR count). The molecule has 1 atom stereocenters. The van der Waals surface area contributed by atoms with Crippen LogP contribution in [-0.2, 0) is 4.79 Å². The summed E-state index contributed by atoms with van der Waals surface area (Å²) < 4.78 is 5.96. The van der Waals surface area contributed by atoms with Gasteiger partial charge in [0.15, 0.2) is 0 Å². The molecule has 1 saturated carbocycles. The number of rotatable bonds is 5. The predicted octanol–water partition coefficient (Wildman–Crippen LogP) is 3.07. The van der Waals surface area contributed by atoms with Crippen LogP contribution in [0.25, 0.3) is 0 Å². The topological polar surface area (TPSA) is 71.3 Å². The third-order valence-electron chi connectivity index (χ3n) is 5.20. The van der Waals surface area contributed by atoms with E-state index in [1.807, 2.05) is 30.3 Å². The number of nitrogens with one attached hydrogen (secondary N) is 1. The number of benzene rings is 1. The Hall–Kier alpha value is -2.37. The Labute approximate surface area is 147 Å². The normalized spacial score (nSPS) is 19.3. The molecule has 1 N–H and O–H groups in total. The Bertz CT molecular complexity index is 705. The van der Waals surface area contributed by atoms with Crippen LogP contribution < -0.4 is 10.2 Å². The van der Waals surface area contributed by atoms with Gasteiger partial charge >= 0.3 is 6.01 Å². The van der Waals surface area contributed by atoms with E-state index in [4.69, 9.17) is 4.42 Å². The Morgan fingerprint density at radius 1 is 1.08 bits per heavy atom. The monoisotopic (exact) mass is 340 g/mol. The zero-order chi connectivity index (χ0) is 17.1. The molecule has 1 saturated heterocycles. The summed E-state index contributed by atoms with van der Waals surface area (Å²) in [6.07, 6.45) is 6.62. The molecule has 0 radical (unpaired) electrons. The van der Waals surface area contributed by atoms with Gasteiger partial charge in [-0.2, -0.15) is 0 Å². The Kier molecular flexibility index (Phi) is 4.68. The summed E-state index contributed by atoms with van der Waals surface area (Å²) in [5.74, 6) is 0.660. The lowest BCUT2D eigenvalue weighted by molar-refractivity contribution is -0.128. The lowest BCUT2D eigenvalue weighted by Crippen LogP contribution is -2.37. The van der Waals surface area contributed by atoms with Crippen LogP contribution in [0.1, 0.15) is 56.0 Å². The van der Waals surface area contributed by atoms with Gasteiger partial charge in [-0.15, -0.1) is 5.10 Å². The molecule has 1 amide bonds. The molecule has 2 fully saturated rings. The van der Waals surface area contributed by atoms with E-state index in [1.165, 1.54) is 6.42 Å². The van der Waals surface area contributed by atoms with Gasteiger partial charge < -0.3 is 14.6 Å². The average molecular weight is 340 g/mol. The van der Waals surface area contributed by atoms with Crippen LogP contribution in [0.5, 0.6) is 0 Å². The minimum atomic E-state index is -0.389. The molecule has 2 aromatic rings. The van der Waals surface area contributed by atoms with Crippen molar-refractivity contribution in [2.45, 2.75) is 44.6 Å². The molecule has 6 heteroatoms. The number of aromatic nitrogens is 2. The molecular formula is C19H24N4O2. The summed E-state index contributed by atoms with van der Waals surface area (Å²) in [4.78, 5) is 14.6. The van der Waals surface area contributed by atoms with Crippen LogP contribution in [0, 0.1) is 5.92 Å². The molecular weight excluding hydrogens is 316 g/mol. The largest absolute Gasteiger partial charge is 0.405 e. The van der Waals surface area contributed by atoms with E-state index >= 15 is 0 Å². The van der Waals surface area contributed by atoms with Crippen LogP contribution in [0.15, 0.2) is 34.7 Å². The molecule has 0 spiro atoms. The Balaban J connectivity index is 1.56.